The summed E-state index contributed by atoms with van der Waals surface area (Å²) in [7, 11) is 0. The molecule has 0 amide bonds. The molecule has 0 aliphatic rings. The molecule has 0 saturated carbocycles. The number of hydrogen-bond donors (Lipinski definition) is 1. The van der Waals surface area contributed by atoms with Crippen molar-refractivity contribution in [3.63, 3.8) is 0 Å². The van der Waals surface area contributed by atoms with Crippen molar-refractivity contribution in [1.82, 2.24) is 0 Å². The summed E-state index contributed by atoms with van der Waals surface area (Å²) in [5, 5.41) is 8.77. The molecule has 1 rings (SSSR count). The molecule has 66 valence electrons. The van der Waals surface area contributed by atoms with Gasteiger partial charge in [0.1, 0.15) is 0 Å². The number of aryl methyl sites for hydroxylation is 2. The largest absolute Gasteiger partial charge is 0.396 e. The van der Waals surface area contributed by atoms with Crippen molar-refractivity contribution >= 4 is 0 Å². The van der Waals surface area contributed by atoms with E-state index in [2.05, 4.69) is 32.0 Å². The van der Waals surface area contributed by atoms with E-state index >= 15 is 0 Å². The average molecular weight is 164 g/mol. The van der Waals surface area contributed by atoms with Gasteiger partial charge in [-0.25, -0.2) is 0 Å². The van der Waals surface area contributed by atoms with Crippen molar-refractivity contribution in [2.75, 3.05) is 6.61 Å². The lowest BCUT2D eigenvalue weighted by molar-refractivity contribution is 0.299. The summed E-state index contributed by atoms with van der Waals surface area (Å²) < 4.78 is 0. The van der Waals surface area contributed by atoms with Crippen molar-refractivity contribution in [3.05, 3.63) is 34.9 Å². The van der Waals surface area contributed by atoms with Gasteiger partial charge in [-0.15, -0.1) is 0 Å². The molecule has 0 bridgehead atoms. The highest BCUT2D eigenvalue weighted by Gasteiger charge is 1.97. The van der Waals surface area contributed by atoms with Crippen molar-refractivity contribution in [2.24, 2.45) is 0 Å². The van der Waals surface area contributed by atoms with Crippen LogP contribution in [0.1, 0.15) is 23.6 Å². The highest BCUT2D eigenvalue weighted by Crippen LogP contribution is 2.11. The van der Waals surface area contributed by atoms with Crippen LogP contribution in [0.3, 0.4) is 0 Å². The Balaban J connectivity index is 2.87. The van der Waals surface area contributed by atoms with Crippen molar-refractivity contribution in [2.45, 2.75) is 26.7 Å². The smallest absolute Gasteiger partial charge is 0.0471 e. The first-order valence-corrected chi connectivity index (χ1v) is 4.47. The lowest BCUT2D eigenvalue weighted by Gasteiger charge is -2.05. The summed E-state index contributed by atoms with van der Waals surface area (Å²) in [6.07, 6.45) is 1.86. The zero-order valence-corrected chi connectivity index (χ0v) is 7.80. The molecule has 0 radical (unpaired) electrons. The second kappa shape index (κ2) is 4.27. The fourth-order valence-corrected chi connectivity index (χ4v) is 1.38. The first kappa shape index (κ1) is 9.27. The third kappa shape index (κ3) is 2.08. The zero-order chi connectivity index (χ0) is 8.97. The Hall–Kier alpha value is -0.820. The van der Waals surface area contributed by atoms with Gasteiger partial charge in [0.25, 0.3) is 0 Å². The predicted molar refractivity (Wildman–Crippen MR) is 51.3 cm³/mol. The molecule has 0 aromatic heterocycles. The van der Waals surface area contributed by atoms with Gasteiger partial charge in [0.2, 0.25) is 0 Å². The minimum absolute atomic E-state index is 0.242. The SMILES string of the molecule is CCc1ccc(CCO)c(C)c1. The van der Waals surface area contributed by atoms with Crippen molar-refractivity contribution in [3.8, 4) is 0 Å². The van der Waals surface area contributed by atoms with Crippen LogP contribution in [0.5, 0.6) is 0 Å². The number of aliphatic hydroxyl groups is 1. The fraction of sp³-hybridized carbons (Fsp3) is 0.455. The molecule has 1 aromatic rings. The van der Waals surface area contributed by atoms with Gasteiger partial charge in [-0.2, -0.15) is 0 Å². The molecule has 0 saturated heterocycles. The standard InChI is InChI=1S/C11H16O/c1-3-10-4-5-11(6-7-12)9(2)8-10/h4-5,8,12H,3,6-7H2,1-2H3. The van der Waals surface area contributed by atoms with Gasteiger partial charge in [-0.05, 0) is 36.5 Å². The minimum atomic E-state index is 0.242. The van der Waals surface area contributed by atoms with Crippen molar-refractivity contribution in [1.29, 1.82) is 0 Å². The van der Waals surface area contributed by atoms with Gasteiger partial charge in [0, 0.05) is 6.61 Å². The van der Waals surface area contributed by atoms with E-state index in [0.717, 1.165) is 12.8 Å². The highest BCUT2D eigenvalue weighted by atomic mass is 16.2. The van der Waals surface area contributed by atoms with Crippen LogP contribution in [0.15, 0.2) is 18.2 Å². The molecule has 0 heterocycles. The molecule has 0 aliphatic carbocycles. The molecule has 1 aromatic carbocycles. The molecule has 1 N–H and O–H groups in total. The summed E-state index contributed by atoms with van der Waals surface area (Å²) in [6.45, 7) is 4.50. The van der Waals surface area contributed by atoms with Crippen LogP contribution in [0.2, 0.25) is 0 Å². The van der Waals surface area contributed by atoms with Crippen LogP contribution in [-0.2, 0) is 12.8 Å². The molecular weight excluding hydrogens is 148 g/mol. The predicted octanol–water partition coefficient (Wildman–Crippen LogP) is 2.09. The normalized spacial score (nSPS) is 10.2. The van der Waals surface area contributed by atoms with E-state index in [1.54, 1.807) is 0 Å². The summed E-state index contributed by atoms with van der Waals surface area (Å²) in [5.41, 5.74) is 3.92. The second-order valence-corrected chi connectivity index (χ2v) is 3.09. The number of rotatable bonds is 3. The third-order valence-corrected chi connectivity index (χ3v) is 2.20. The fourth-order valence-electron chi connectivity index (χ4n) is 1.38. The monoisotopic (exact) mass is 164 g/mol. The van der Waals surface area contributed by atoms with Gasteiger partial charge in [-0.3, -0.25) is 0 Å². The van der Waals surface area contributed by atoms with E-state index in [1.165, 1.54) is 16.7 Å². The Labute approximate surface area is 74.1 Å². The third-order valence-electron chi connectivity index (χ3n) is 2.20. The van der Waals surface area contributed by atoms with E-state index < -0.39 is 0 Å². The maximum Gasteiger partial charge on any atom is 0.0471 e. The highest BCUT2D eigenvalue weighted by molar-refractivity contribution is 5.31. The molecule has 0 unspecified atom stereocenters. The maximum atomic E-state index is 8.77. The van der Waals surface area contributed by atoms with E-state index in [0.29, 0.717) is 0 Å². The van der Waals surface area contributed by atoms with Crippen LogP contribution in [0, 0.1) is 6.92 Å². The summed E-state index contributed by atoms with van der Waals surface area (Å²) in [4.78, 5) is 0. The van der Waals surface area contributed by atoms with Crippen LogP contribution < -0.4 is 0 Å². The molecule has 1 nitrogen and oxygen atoms in total. The van der Waals surface area contributed by atoms with E-state index in [-0.39, 0.29) is 6.61 Å². The van der Waals surface area contributed by atoms with E-state index in [1.807, 2.05) is 0 Å². The first-order valence-electron chi connectivity index (χ1n) is 4.47. The molecule has 12 heavy (non-hydrogen) atoms. The van der Waals surface area contributed by atoms with Crippen molar-refractivity contribution < 1.29 is 5.11 Å². The minimum Gasteiger partial charge on any atom is -0.396 e. The Kier molecular flexibility index (Phi) is 3.30. The summed E-state index contributed by atoms with van der Waals surface area (Å²) in [5.74, 6) is 0. The number of hydrogen-bond acceptors (Lipinski definition) is 1. The quantitative estimate of drug-likeness (QED) is 0.725. The molecule has 0 aliphatic heterocycles. The average Bonchev–Trinajstić information content (AvgIpc) is 2.09. The Morgan fingerprint density at radius 1 is 1.33 bits per heavy atom. The molecule has 1 heteroatoms. The lowest BCUT2D eigenvalue weighted by atomic mass is 10.0. The Morgan fingerprint density at radius 2 is 2.08 bits per heavy atom. The molecular formula is C11H16O. The number of benzene rings is 1. The molecule has 0 spiro atoms. The van der Waals surface area contributed by atoms with Gasteiger partial charge < -0.3 is 5.11 Å². The number of aliphatic hydroxyl groups excluding tert-OH is 1. The lowest BCUT2D eigenvalue weighted by Crippen LogP contribution is -1.94. The topological polar surface area (TPSA) is 20.2 Å². The van der Waals surface area contributed by atoms with Crippen LogP contribution in [-0.4, -0.2) is 11.7 Å². The van der Waals surface area contributed by atoms with Gasteiger partial charge in [-0.1, -0.05) is 25.1 Å². The molecule has 0 atom stereocenters. The van der Waals surface area contributed by atoms with Crippen LogP contribution in [0.25, 0.3) is 0 Å². The van der Waals surface area contributed by atoms with Gasteiger partial charge >= 0.3 is 0 Å². The zero-order valence-electron chi connectivity index (χ0n) is 7.80. The maximum absolute atomic E-state index is 8.77. The summed E-state index contributed by atoms with van der Waals surface area (Å²) >= 11 is 0. The summed E-state index contributed by atoms with van der Waals surface area (Å²) in [6, 6.07) is 6.45. The van der Waals surface area contributed by atoms with E-state index in [4.69, 9.17) is 5.11 Å². The van der Waals surface area contributed by atoms with Crippen LogP contribution >= 0.6 is 0 Å². The van der Waals surface area contributed by atoms with Crippen LogP contribution in [0.4, 0.5) is 0 Å². The first-order chi connectivity index (χ1) is 5.77. The van der Waals surface area contributed by atoms with E-state index in [9.17, 15) is 0 Å². The Bertz CT molecular complexity index is 253. The van der Waals surface area contributed by atoms with Gasteiger partial charge in [0.15, 0.2) is 0 Å². The molecule has 0 fully saturated rings. The second-order valence-electron chi connectivity index (χ2n) is 3.09. The Morgan fingerprint density at radius 3 is 2.58 bits per heavy atom. The van der Waals surface area contributed by atoms with Gasteiger partial charge in [0.05, 0.1) is 0 Å².